The van der Waals surface area contributed by atoms with Crippen LogP contribution in [-0.2, 0) is 0 Å². The Balaban J connectivity index is 1.63. The third kappa shape index (κ3) is 3.18. The zero-order valence-corrected chi connectivity index (χ0v) is 12.4. The first-order valence-corrected chi connectivity index (χ1v) is 7.62. The fraction of sp³-hybridized carbons (Fsp3) is 0.562. The SMILES string of the molecule is Cc1c(N)cc(C(=O)N2CCN(CC3CC3)CC2)cc1F. The molecule has 1 heterocycles. The van der Waals surface area contributed by atoms with Gasteiger partial charge in [0.05, 0.1) is 0 Å². The molecular weight excluding hydrogens is 269 g/mol. The number of hydrogen-bond donors (Lipinski definition) is 1. The number of amides is 1. The highest BCUT2D eigenvalue weighted by atomic mass is 19.1. The molecule has 3 rings (SSSR count). The maximum absolute atomic E-state index is 13.7. The zero-order chi connectivity index (χ0) is 15.0. The van der Waals surface area contributed by atoms with Crippen LogP contribution in [0.25, 0.3) is 0 Å². The number of anilines is 1. The standard InChI is InChI=1S/C16H22FN3O/c1-11-14(17)8-13(9-15(11)18)16(21)20-6-4-19(5-7-20)10-12-2-3-12/h8-9,12H,2-7,10,18H2,1H3. The second kappa shape index (κ2) is 5.64. The minimum Gasteiger partial charge on any atom is -0.398 e. The third-order valence-electron chi connectivity index (χ3n) is 4.50. The number of piperazine rings is 1. The second-order valence-corrected chi connectivity index (χ2v) is 6.21. The molecule has 1 amide bonds. The van der Waals surface area contributed by atoms with Crippen LogP contribution in [0, 0.1) is 18.7 Å². The van der Waals surface area contributed by atoms with Crippen LogP contribution < -0.4 is 5.73 Å². The molecule has 2 fully saturated rings. The molecule has 1 aliphatic carbocycles. The van der Waals surface area contributed by atoms with Crippen LogP contribution in [0.3, 0.4) is 0 Å². The van der Waals surface area contributed by atoms with Crippen molar-refractivity contribution in [3.05, 3.63) is 29.1 Å². The van der Waals surface area contributed by atoms with E-state index in [2.05, 4.69) is 4.90 Å². The Morgan fingerprint density at radius 1 is 1.29 bits per heavy atom. The van der Waals surface area contributed by atoms with Crippen LogP contribution in [0.5, 0.6) is 0 Å². The third-order valence-corrected chi connectivity index (χ3v) is 4.50. The Labute approximate surface area is 124 Å². The molecule has 0 aromatic heterocycles. The molecule has 1 aliphatic heterocycles. The topological polar surface area (TPSA) is 49.6 Å². The summed E-state index contributed by atoms with van der Waals surface area (Å²) in [6.45, 7) is 6.02. The maximum Gasteiger partial charge on any atom is 0.254 e. The van der Waals surface area contributed by atoms with Crippen molar-refractivity contribution in [1.29, 1.82) is 0 Å². The molecule has 0 radical (unpaired) electrons. The van der Waals surface area contributed by atoms with Gasteiger partial charge in [0.1, 0.15) is 5.82 Å². The van der Waals surface area contributed by atoms with Crippen molar-refractivity contribution in [3.8, 4) is 0 Å². The smallest absolute Gasteiger partial charge is 0.254 e. The fourth-order valence-electron chi connectivity index (χ4n) is 2.81. The van der Waals surface area contributed by atoms with E-state index in [-0.39, 0.29) is 5.91 Å². The molecule has 0 bridgehead atoms. The summed E-state index contributed by atoms with van der Waals surface area (Å²) in [7, 11) is 0. The molecule has 1 aromatic carbocycles. The van der Waals surface area contributed by atoms with E-state index in [0.29, 0.717) is 29.9 Å². The lowest BCUT2D eigenvalue weighted by Crippen LogP contribution is -2.49. The van der Waals surface area contributed by atoms with Crippen LogP contribution in [-0.4, -0.2) is 48.4 Å². The summed E-state index contributed by atoms with van der Waals surface area (Å²) in [5.74, 6) is 0.343. The number of nitrogens with two attached hydrogens (primary N) is 1. The summed E-state index contributed by atoms with van der Waals surface area (Å²) in [5.41, 5.74) is 6.85. The van der Waals surface area contributed by atoms with Crippen LogP contribution >= 0.6 is 0 Å². The molecule has 21 heavy (non-hydrogen) atoms. The summed E-state index contributed by atoms with van der Waals surface area (Å²) < 4.78 is 13.7. The van der Waals surface area contributed by atoms with Crippen molar-refractivity contribution >= 4 is 11.6 Å². The van der Waals surface area contributed by atoms with Gasteiger partial charge in [-0.2, -0.15) is 0 Å². The van der Waals surface area contributed by atoms with Gasteiger partial charge in [-0.05, 0) is 37.8 Å². The van der Waals surface area contributed by atoms with Crippen molar-refractivity contribution in [3.63, 3.8) is 0 Å². The predicted molar refractivity (Wildman–Crippen MR) is 80.6 cm³/mol. The average Bonchev–Trinajstić information content (AvgIpc) is 3.28. The van der Waals surface area contributed by atoms with Crippen molar-refractivity contribution in [1.82, 2.24) is 9.80 Å². The van der Waals surface area contributed by atoms with E-state index in [9.17, 15) is 9.18 Å². The quantitative estimate of drug-likeness (QED) is 0.865. The van der Waals surface area contributed by atoms with E-state index in [1.165, 1.54) is 18.9 Å². The zero-order valence-electron chi connectivity index (χ0n) is 12.4. The number of rotatable bonds is 3. The molecule has 0 unspecified atom stereocenters. The molecule has 5 heteroatoms. The van der Waals surface area contributed by atoms with Gasteiger partial charge in [0, 0.05) is 49.5 Å². The van der Waals surface area contributed by atoms with Gasteiger partial charge in [-0.15, -0.1) is 0 Å². The number of carbonyl (C=O) groups is 1. The first kappa shape index (κ1) is 14.3. The highest BCUT2D eigenvalue weighted by molar-refractivity contribution is 5.95. The van der Waals surface area contributed by atoms with E-state index in [0.717, 1.165) is 25.6 Å². The summed E-state index contributed by atoms with van der Waals surface area (Å²) in [5, 5.41) is 0. The van der Waals surface area contributed by atoms with E-state index in [1.807, 2.05) is 0 Å². The highest BCUT2D eigenvalue weighted by Gasteiger charge is 2.28. The summed E-state index contributed by atoms with van der Waals surface area (Å²) in [6.07, 6.45) is 2.70. The monoisotopic (exact) mass is 291 g/mol. The van der Waals surface area contributed by atoms with E-state index >= 15 is 0 Å². The largest absolute Gasteiger partial charge is 0.398 e. The van der Waals surface area contributed by atoms with Crippen LogP contribution in [0.15, 0.2) is 12.1 Å². The van der Waals surface area contributed by atoms with Crippen molar-refractivity contribution in [2.24, 2.45) is 5.92 Å². The molecule has 1 saturated carbocycles. The first-order valence-electron chi connectivity index (χ1n) is 7.62. The minimum absolute atomic E-state index is 0.119. The molecule has 1 aromatic rings. The lowest BCUT2D eigenvalue weighted by molar-refractivity contribution is 0.0631. The van der Waals surface area contributed by atoms with Crippen LogP contribution in [0.1, 0.15) is 28.8 Å². The van der Waals surface area contributed by atoms with Gasteiger partial charge in [-0.3, -0.25) is 9.69 Å². The van der Waals surface area contributed by atoms with E-state index in [4.69, 9.17) is 5.73 Å². The molecule has 114 valence electrons. The molecular formula is C16H22FN3O. The summed E-state index contributed by atoms with van der Waals surface area (Å²) in [6, 6.07) is 2.88. The summed E-state index contributed by atoms with van der Waals surface area (Å²) in [4.78, 5) is 16.7. The Bertz CT molecular complexity index is 525. The maximum atomic E-state index is 13.7. The number of hydrogen-bond acceptors (Lipinski definition) is 3. The lowest BCUT2D eigenvalue weighted by Gasteiger charge is -2.34. The van der Waals surface area contributed by atoms with Crippen LogP contribution in [0.2, 0.25) is 0 Å². The number of nitrogen functional groups attached to an aromatic ring is 1. The van der Waals surface area contributed by atoms with Gasteiger partial charge in [0.2, 0.25) is 0 Å². The molecule has 2 aliphatic rings. The Morgan fingerprint density at radius 3 is 2.52 bits per heavy atom. The minimum atomic E-state index is -0.411. The van der Waals surface area contributed by atoms with Gasteiger partial charge < -0.3 is 10.6 Å². The fourth-order valence-corrected chi connectivity index (χ4v) is 2.81. The van der Waals surface area contributed by atoms with Gasteiger partial charge in [0.15, 0.2) is 0 Å². The number of benzene rings is 1. The normalized spacial score (nSPS) is 19.8. The van der Waals surface area contributed by atoms with Crippen molar-refractivity contribution < 1.29 is 9.18 Å². The van der Waals surface area contributed by atoms with Crippen molar-refractivity contribution in [2.75, 3.05) is 38.5 Å². The van der Waals surface area contributed by atoms with E-state index in [1.54, 1.807) is 17.9 Å². The number of halogens is 1. The highest BCUT2D eigenvalue weighted by Crippen LogP contribution is 2.30. The number of carbonyl (C=O) groups excluding carboxylic acids is 1. The Morgan fingerprint density at radius 2 is 1.95 bits per heavy atom. The number of nitrogens with zero attached hydrogens (tertiary/aromatic N) is 2. The van der Waals surface area contributed by atoms with Crippen LogP contribution in [0.4, 0.5) is 10.1 Å². The van der Waals surface area contributed by atoms with E-state index < -0.39 is 5.82 Å². The second-order valence-electron chi connectivity index (χ2n) is 6.21. The lowest BCUT2D eigenvalue weighted by atomic mass is 10.1. The Hall–Kier alpha value is -1.62. The van der Waals surface area contributed by atoms with Gasteiger partial charge >= 0.3 is 0 Å². The molecule has 0 atom stereocenters. The molecule has 0 spiro atoms. The van der Waals surface area contributed by atoms with Gasteiger partial charge in [0.25, 0.3) is 5.91 Å². The van der Waals surface area contributed by atoms with Gasteiger partial charge in [-0.25, -0.2) is 4.39 Å². The first-order chi connectivity index (χ1) is 10.0. The Kier molecular flexibility index (Phi) is 3.85. The molecule has 1 saturated heterocycles. The van der Waals surface area contributed by atoms with Crippen molar-refractivity contribution in [2.45, 2.75) is 19.8 Å². The predicted octanol–water partition coefficient (Wildman–Crippen LogP) is 1.88. The summed E-state index contributed by atoms with van der Waals surface area (Å²) >= 11 is 0. The molecule has 2 N–H and O–H groups in total. The molecule has 4 nitrogen and oxygen atoms in total. The average molecular weight is 291 g/mol. The van der Waals surface area contributed by atoms with Gasteiger partial charge in [-0.1, -0.05) is 0 Å².